The van der Waals surface area contributed by atoms with Gasteiger partial charge in [0.2, 0.25) is 0 Å². The van der Waals surface area contributed by atoms with E-state index >= 15 is 0 Å². The third-order valence-electron chi connectivity index (χ3n) is 5.18. The van der Waals surface area contributed by atoms with Crippen LogP contribution in [0.1, 0.15) is 17.4 Å². The Morgan fingerprint density at radius 3 is 2.94 bits per heavy atom. The molecule has 1 aliphatic rings. The first-order valence-electron chi connectivity index (χ1n) is 10.4. The van der Waals surface area contributed by atoms with Gasteiger partial charge in [-0.1, -0.05) is 19.6 Å². The molecule has 31 heavy (non-hydrogen) atoms. The maximum Gasteiger partial charge on any atom is 0.407 e. The molecule has 0 aliphatic carbocycles. The van der Waals surface area contributed by atoms with Crippen molar-refractivity contribution in [1.82, 2.24) is 25.2 Å². The van der Waals surface area contributed by atoms with Crippen LogP contribution in [0.3, 0.4) is 0 Å². The van der Waals surface area contributed by atoms with Crippen LogP contribution in [0.15, 0.2) is 37.2 Å². The lowest BCUT2D eigenvalue weighted by atomic mass is 10.0. The van der Waals surface area contributed by atoms with E-state index in [0.717, 1.165) is 47.7 Å². The molecule has 0 aromatic carbocycles. The van der Waals surface area contributed by atoms with E-state index in [1.165, 1.54) is 16.5 Å². The van der Waals surface area contributed by atoms with E-state index in [-0.39, 0.29) is 6.61 Å². The van der Waals surface area contributed by atoms with Gasteiger partial charge in [0.05, 0.1) is 5.39 Å². The van der Waals surface area contributed by atoms with E-state index in [9.17, 15) is 4.79 Å². The fourth-order valence-electron chi connectivity index (χ4n) is 3.61. The number of carbonyl (C=O) groups excluding carboxylic acids is 1. The quantitative estimate of drug-likeness (QED) is 0.411. The Bertz CT molecular complexity index is 1070. The first-order chi connectivity index (χ1) is 15.2. The van der Waals surface area contributed by atoms with Gasteiger partial charge in [0, 0.05) is 49.0 Å². The number of nitrogens with zero attached hydrogens (tertiary/aromatic N) is 4. The van der Waals surface area contributed by atoms with E-state index in [0.29, 0.717) is 18.9 Å². The Balaban J connectivity index is 1.61. The third-order valence-corrected chi connectivity index (χ3v) is 6.29. The number of hydrogen-bond donors (Lipinski definition) is 2. The van der Waals surface area contributed by atoms with Crippen LogP contribution >= 0.6 is 11.3 Å². The minimum absolute atomic E-state index is 0.191. The second-order valence-electron chi connectivity index (χ2n) is 7.18. The lowest BCUT2D eigenvalue weighted by Gasteiger charge is -2.25. The largest absolute Gasteiger partial charge is 0.445 e. The molecular weight excluding hydrogens is 412 g/mol. The summed E-state index contributed by atoms with van der Waals surface area (Å²) >= 11 is 1.75. The van der Waals surface area contributed by atoms with Gasteiger partial charge in [0.1, 0.15) is 17.3 Å². The third kappa shape index (κ3) is 4.83. The molecule has 9 heteroatoms. The second kappa shape index (κ2) is 9.84. The summed E-state index contributed by atoms with van der Waals surface area (Å²) in [7, 11) is 0. The Morgan fingerprint density at radius 2 is 2.16 bits per heavy atom. The van der Waals surface area contributed by atoms with E-state index in [2.05, 4.69) is 34.0 Å². The van der Waals surface area contributed by atoms with E-state index < -0.39 is 6.09 Å². The number of anilines is 1. The van der Waals surface area contributed by atoms with Crippen LogP contribution in [0.5, 0.6) is 0 Å². The first kappa shape index (κ1) is 21.2. The number of ether oxygens (including phenoxy) is 1. The van der Waals surface area contributed by atoms with Crippen LogP contribution in [0.4, 0.5) is 10.6 Å². The maximum absolute atomic E-state index is 11.6. The molecule has 8 nitrogen and oxygen atoms in total. The minimum Gasteiger partial charge on any atom is -0.445 e. The van der Waals surface area contributed by atoms with Crippen LogP contribution in [-0.2, 0) is 17.7 Å². The highest BCUT2D eigenvalue weighted by Gasteiger charge is 2.24. The average molecular weight is 439 g/mol. The number of alkyl carbamates (subject to hydrolysis) is 1. The van der Waals surface area contributed by atoms with Crippen molar-refractivity contribution in [1.29, 1.82) is 0 Å². The Morgan fingerprint density at radius 1 is 1.32 bits per heavy atom. The zero-order chi connectivity index (χ0) is 21.6. The maximum atomic E-state index is 11.6. The molecule has 0 fully saturated rings. The number of aromatic nitrogens is 3. The zero-order valence-corrected chi connectivity index (χ0v) is 18.4. The molecule has 3 aromatic rings. The van der Waals surface area contributed by atoms with Crippen LogP contribution < -0.4 is 10.6 Å². The van der Waals surface area contributed by atoms with Gasteiger partial charge in [-0.2, -0.15) is 0 Å². The highest BCUT2D eigenvalue weighted by molar-refractivity contribution is 7.19. The lowest BCUT2D eigenvalue weighted by Crippen LogP contribution is -2.30. The topological polar surface area (TPSA) is 92.3 Å². The normalized spacial score (nSPS) is 13.6. The summed E-state index contributed by atoms with van der Waals surface area (Å²) in [6.45, 7) is 9.90. The number of pyridine rings is 1. The lowest BCUT2D eigenvalue weighted by molar-refractivity contribution is 0.159. The summed E-state index contributed by atoms with van der Waals surface area (Å²) in [5, 5.41) is 7.23. The number of fused-ring (bicyclic) bond motifs is 3. The fourth-order valence-corrected chi connectivity index (χ4v) is 4.87. The predicted octanol–water partition coefficient (Wildman–Crippen LogP) is 3.46. The molecule has 0 spiro atoms. The monoisotopic (exact) mass is 438 g/mol. The molecule has 3 aromatic heterocycles. The summed E-state index contributed by atoms with van der Waals surface area (Å²) < 4.78 is 4.94. The molecule has 0 saturated heterocycles. The summed E-state index contributed by atoms with van der Waals surface area (Å²) in [6.07, 6.45) is 5.55. The molecule has 1 amide bonds. The summed E-state index contributed by atoms with van der Waals surface area (Å²) in [5.74, 6) is 1.47. The molecule has 4 heterocycles. The molecule has 162 valence electrons. The first-order valence-corrected chi connectivity index (χ1v) is 11.2. The van der Waals surface area contributed by atoms with Gasteiger partial charge in [-0.3, -0.25) is 9.88 Å². The van der Waals surface area contributed by atoms with E-state index in [1.54, 1.807) is 23.7 Å². The van der Waals surface area contributed by atoms with Gasteiger partial charge in [-0.25, -0.2) is 14.8 Å². The van der Waals surface area contributed by atoms with Crippen molar-refractivity contribution in [3.63, 3.8) is 0 Å². The van der Waals surface area contributed by atoms with Gasteiger partial charge in [0.25, 0.3) is 0 Å². The number of amides is 1. The van der Waals surface area contributed by atoms with E-state index in [4.69, 9.17) is 14.7 Å². The Labute approximate surface area is 185 Å². The number of carbonyl (C=O) groups is 1. The SMILES string of the molecule is C=CCOC(=O)NCCNc1nc(-c2ccncc2)nc2sc3c(c12)CCN(CC)C3. The Hall–Kier alpha value is -3.04. The van der Waals surface area contributed by atoms with Crippen LogP contribution in [0, 0.1) is 0 Å². The number of likely N-dealkylation sites (N-methyl/N-ethyl adjacent to an activating group) is 1. The molecule has 0 radical (unpaired) electrons. The summed E-state index contributed by atoms with van der Waals surface area (Å²) in [6, 6.07) is 3.82. The van der Waals surface area contributed by atoms with Gasteiger partial charge in [-0.15, -0.1) is 11.3 Å². The minimum atomic E-state index is -0.459. The molecule has 0 unspecified atom stereocenters. The standard InChI is InChI=1S/C22H26N6O2S/c1-3-13-30-22(29)25-11-10-24-20-18-16-7-12-28(4-2)14-17(16)31-21(18)27-19(26-20)15-5-8-23-9-6-15/h3,5-6,8-9H,1,4,7,10-14H2,2H3,(H,25,29)(H,24,26,27). The molecule has 0 atom stereocenters. The molecule has 0 saturated carbocycles. The van der Waals surface area contributed by atoms with Crippen molar-refractivity contribution in [3.8, 4) is 11.4 Å². The molecule has 4 rings (SSSR count). The van der Waals surface area contributed by atoms with Crippen molar-refractivity contribution >= 4 is 33.5 Å². The predicted molar refractivity (Wildman–Crippen MR) is 123 cm³/mol. The number of nitrogens with one attached hydrogen (secondary N) is 2. The number of thiophene rings is 1. The molecule has 2 N–H and O–H groups in total. The molecular formula is C22H26N6O2S. The number of rotatable bonds is 8. The van der Waals surface area contributed by atoms with Crippen molar-refractivity contribution < 1.29 is 9.53 Å². The van der Waals surface area contributed by atoms with Crippen LogP contribution in [-0.4, -0.2) is 58.7 Å². The second-order valence-corrected chi connectivity index (χ2v) is 8.26. The van der Waals surface area contributed by atoms with Gasteiger partial charge >= 0.3 is 6.09 Å². The van der Waals surface area contributed by atoms with E-state index in [1.807, 2.05) is 12.1 Å². The molecule has 1 aliphatic heterocycles. The van der Waals surface area contributed by atoms with Gasteiger partial charge < -0.3 is 15.4 Å². The van der Waals surface area contributed by atoms with Gasteiger partial charge in [0.15, 0.2) is 5.82 Å². The van der Waals surface area contributed by atoms with Gasteiger partial charge in [-0.05, 0) is 30.7 Å². The fraction of sp³-hybridized carbons (Fsp3) is 0.364. The van der Waals surface area contributed by atoms with Crippen LogP contribution in [0.25, 0.3) is 21.6 Å². The van der Waals surface area contributed by atoms with Crippen molar-refractivity contribution in [2.24, 2.45) is 0 Å². The highest BCUT2D eigenvalue weighted by Crippen LogP contribution is 2.38. The Kier molecular flexibility index (Phi) is 6.73. The van der Waals surface area contributed by atoms with Crippen LogP contribution in [0.2, 0.25) is 0 Å². The van der Waals surface area contributed by atoms with Crippen molar-refractivity contribution in [2.45, 2.75) is 19.9 Å². The van der Waals surface area contributed by atoms with Crippen molar-refractivity contribution in [3.05, 3.63) is 47.6 Å². The summed E-state index contributed by atoms with van der Waals surface area (Å²) in [4.78, 5) is 30.2. The zero-order valence-electron chi connectivity index (χ0n) is 17.6. The van der Waals surface area contributed by atoms with Crippen molar-refractivity contribution in [2.75, 3.05) is 38.1 Å². The average Bonchev–Trinajstić information content (AvgIpc) is 3.18. The summed E-state index contributed by atoms with van der Waals surface area (Å²) in [5.41, 5.74) is 2.26. The smallest absolute Gasteiger partial charge is 0.407 e. The molecule has 0 bridgehead atoms. The number of hydrogen-bond acceptors (Lipinski definition) is 8. The highest BCUT2D eigenvalue weighted by atomic mass is 32.1.